The van der Waals surface area contributed by atoms with Gasteiger partial charge in [0, 0.05) is 5.92 Å². The van der Waals surface area contributed by atoms with Gasteiger partial charge in [-0.1, -0.05) is 19.1 Å². The lowest BCUT2D eigenvalue weighted by atomic mass is 9.80. The molecule has 2 aliphatic rings. The first-order valence-electron chi connectivity index (χ1n) is 9.31. The fourth-order valence-corrected chi connectivity index (χ4v) is 4.33. The number of hydrogen-bond acceptors (Lipinski definition) is 2. The lowest BCUT2D eigenvalue weighted by molar-refractivity contribution is -0.406. The average Bonchev–Trinajstić information content (AvgIpc) is 3.13. The third kappa shape index (κ3) is 4.67. The Morgan fingerprint density at radius 2 is 1.39 bits per heavy atom. The Morgan fingerprint density at radius 3 is 1.74 bits per heavy atom. The number of aliphatic hydroxyl groups is 1. The maximum absolute atomic E-state index is 13.7. The van der Waals surface area contributed by atoms with E-state index in [-0.39, 0.29) is 18.3 Å². The lowest BCUT2D eigenvalue weighted by Gasteiger charge is -2.42. The van der Waals surface area contributed by atoms with Crippen molar-refractivity contribution in [2.45, 2.75) is 81.3 Å². The van der Waals surface area contributed by atoms with Gasteiger partial charge >= 0.3 is 24.5 Å². The summed E-state index contributed by atoms with van der Waals surface area (Å²) in [6.45, 7) is 1.13. The number of hydrogen-bond donors (Lipinski definition) is 1. The number of ether oxygens (including phenoxy) is 1. The van der Waals surface area contributed by atoms with Crippen molar-refractivity contribution in [1.29, 1.82) is 0 Å². The Balaban J connectivity index is 2.27. The summed E-state index contributed by atoms with van der Waals surface area (Å²) < 4.78 is 150. The first-order chi connectivity index (χ1) is 13.6. The molecule has 2 rings (SSSR count). The summed E-state index contributed by atoms with van der Waals surface area (Å²) in [4.78, 5) is 0. The van der Waals surface area contributed by atoms with Crippen molar-refractivity contribution >= 4 is 0 Å². The molecule has 0 aromatic carbocycles. The molecule has 1 N–H and O–H groups in total. The number of allylic oxidation sites excluding steroid dienone is 1. The van der Waals surface area contributed by atoms with Crippen molar-refractivity contribution in [2.75, 3.05) is 0 Å². The fraction of sp³-hybridized carbons (Fsp3) is 0.889. The molecule has 31 heavy (non-hydrogen) atoms. The molecule has 2 nitrogen and oxygen atoms in total. The average molecular weight is 478 g/mol. The summed E-state index contributed by atoms with van der Waals surface area (Å²) in [5.74, 6) is -9.09. The number of rotatable bonds is 7. The van der Waals surface area contributed by atoms with Gasteiger partial charge in [-0.15, -0.1) is 0 Å². The van der Waals surface area contributed by atoms with Gasteiger partial charge in [0.05, 0.1) is 6.10 Å². The van der Waals surface area contributed by atoms with Gasteiger partial charge in [-0.3, -0.25) is 0 Å². The van der Waals surface area contributed by atoms with Crippen molar-refractivity contribution < 1.29 is 58.1 Å². The molecule has 6 atom stereocenters. The van der Waals surface area contributed by atoms with Crippen LogP contribution in [0.3, 0.4) is 0 Å². The SMILES string of the molecule is CC(CC(C)(OC1CC2C=CC1C2)C(F)(F)F)CC(O)(C(F)(F)F)C(F)(F)C(F)(F)F. The van der Waals surface area contributed by atoms with E-state index in [9.17, 15) is 53.4 Å². The van der Waals surface area contributed by atoms with E-state index >= 15 is 0 Å². The van der Waals surface area contributed by atoms with Crippen LogP contribution in [0.25, 0.3) is 0 Å². The minimum absolute atomic E-state index is 0.0225. The summed E-state index contributed by atoms with van der Waals surface area (Å²) in [6, 6.07) is 0. The predicted molar refractivity (Wildman–Crippen MR) is 85.1 cm³/mol. The number of alkyl halides is 11. The van der Waals surface area contributed by atoms with E-state index in [2.05, 4.69) is 0 Å². The molecule has 1 saturated carbocycles. The minimum Gasteiger partial charge on any atom is -0.376 e. The molecule has 0 spiro atoms. The molecule has 0 amide bonds. The van der Waals surface area contributed by atoms with Gasteiger partial charge in [0.1, 0.15) is 0 Å². The predicted octanol–water partition coefficient (Wildman–Crippen LogP) is 6.20. The maximum atomic E-state index is 13.7. The molecule has 2 aliphatic carbocycles. The van der Waals surface area contributed by atoms with E-state index in [1.54, 1.807) is 12.2 Å². The Morgan fingerprint density at radius 1 is 0.839 bits per heavy atom. The highest BCUT2D eigenvalue weighted by Gasteiger charge is 2.79. The zero-order chi connectivity index (χ0) is 24.3. The molecule has 6 unspecified atom stereocenters. The van der Waals surface area contributed by atoms with Crippen LogP contribution in [0.15, 0.2) is 12.2 Å². The molecule has 0 saturated heterocycles. The lowest BCUT2D eigenvalue weighted by Crippen LogP contribution is -2.65. The van der Waals surface area contributed by atoms with Crippen molar-refractivity contribution in [3.63, 3.8) is 0 Å². The largest absolute Gasteiger partial charge is 0.456 e. The molecular weight excluding hydrogens is 457 g/mol. The van der Waals surface area contributed by atoms with Crippen LogP contribution in [0.1, 0.15) is 39.5 Å². The molecule has 0 heterocycles. The van der Waals surface area contributed by atoms with Crippen LogP contribution in [0.4, 0.5) is 48.3 Å². The summed E-state index contributed by atoms with van der Waals surface area (Å²) in [5, 5.41) is 9.43. The van der Waals surface area contributed by atoms with Crippen molar-refractivity contribution in [3.8, 4) is 0 Å². The van der Waals surface area contributed by atoms with Crippen LogP contribution in [-0.2, 0) is 4.74 Å². The first-order valence-corrected chi connectivity index (χ1v) is 9.31. The number of halogens is 11. The standard InChI is InChI=1S/C18H21F11O2/c1-9(8-14(30,17(24,25)26)15(19,20)18(27,28)29)7-13(2,16(21,22)23)31-12-6-10-3-4-11(12)5-10/h3-4,9-12,30H,5-8H2,1-2H3. The summed E-state index contributed by atoms with van der Waals surface area (Å²) in [5.41, 5.74) is -8.73. The molecular formula is C18H21F11O2. The highest BCUT2D eigenvalue weighted by Crippen LogP contribution is 2.54. The Kier molecular flexibility index (Phi) is 6.53. The van der Waals surface area contributed by atoms with E-state index in [0.717, 1.165) is 0 Å². The third-order valence-electron chi connectivity index (χ3n) is 5.96. The van der Waals surface area contributed by atoms with Gasteiger partial charge in [0.2, 0.25) is 5.60 Å². The van der Waals surface area contributed by atoms with Crippen LogP contribution in [0, 0.1) is 17.8 Å². The first kappa shape index (κ1) is 26.1. The molecule has 13 heteroatoms. The summed E-state index contributed by atoms with van der Waals surface area (Å²) in [7, 11) is 0. The second-order valence-electron chi connectivity index (χ2n) is 8.61. The van der Waals surface area contributed by atoms with Crippen LogP contribution in [-0.4, -0.2) is 46.9 Å². The van der Waals surface area contributed by atoms with Crippen LogP contribution < -0.4 is 0 Å². The smallest absolute Gasteiger partial charge is 0.376 e. The van der Waals surface area contributed by atoms with E-state index in [1.165, 1.54) is 0 Å². The second-order valence-corrected chi connectivity index (χ2v) is 8.61. The molecule has 0 aromatic heterocycles. The zero-order valence-corrected chi connectivity index (χ0v) is 16.3. The van der Waals surface area contributed by atoms with E-state index < -0.39 is 60.5 Å². The quantitative estimate of drug-likeness (QED) is 0.349. The molecule has 0 radical (unpaired) electrons. The van der Waals surface area contributed by atoms with Crippen LogP contribution in [0.2, 0.25) is 0 Å². The Labute approximate surface area is 170 Å². The molecule has 182 valence electrons. The second kappa shape index (κ2) is 7.74. The van der Waals surface area contributed by atoms with Gasteiger partial charge in [0.25, 0.3) is 0 Å². The topological polar surface area (TPSA) is 29.5 Å². The highest BCUT2D eigenvalue weighted by atomic mass is 19.4. The maximum Gasteiger partial charge on any atom is 0.456 e. The van der Waals surface area contributed by atoms with Gasteiger partial charge in [-0.25, -0.2) is 0 Å². The number of fused-ring (bicyclic) bond motifs is 2. The molecule has 0 aromatic rings. The van der Waals surface area contributed by atoms with E-state index in [1.807, 2.05) is 0 Å². The molecule has 1 fully saturated rings. The van der Waals surface area contributed by atoms with Gasteiger partial charge in [0.15, 0.2) is 5.60 Å². The van der Waals surface area contributed by atoms with Gasteiger partial charge in [-0.2, -0.15) is 48.3 Å². The van der Waals surface area contributed by atoms with Gasteiger partial charge in [-0.05, 0) is 44.4 Å². The van der Waals surface area contributed by atoms with Crippen LogP contribution >= 0.6 is 0 Å². The van der Waals surface area contributed by atoms with Gasteiger partial charge < -0.3 is 9.84 Å². The molecule has 2 bridgehead atoms. The zero-order valence-electron chi connectivity index (χ0n) is 16.3. The Bertz CT molecular complexity index is 681. The fourth-order valence-electron chi connectivity index (χ4n) is 4.33. The monoisotopic (exact) mass is 478 g/mol. The van der Waals surface area contributed by atoms with Crippen molar-refractivity contribution in [2.24, 2.45) is 17.8 Å². The van der Waals surface area contributed by atoms with Crippen molar-refractivity contribution in [1.82, 2.24) is 0 Å². The van der Waals surface area contributed by atoms with Crippen LogP contribution in [0.5, 0.6) is 0 Å². The Hall–Kier alpha value is -1.11. The van der Waals surface area contributed by atoms with Crippen molar-refractivity contribution in [3.05, 3.63) is 12.2 Å². The summed E-state index contributed by atoms with van der Waals surface area (Å²) in [6.07, 6.45) is -18.8. The molecule has 0 aliphatic heterocycles. The minimum atomic E-state index is -6.78. The third-order valence-corrected chi connectivity index (χ3v) is 5.96. The van der Waals surface area contributed by atoms with E-state index in [0.29, 0.717) is 20.3 Å². The summed E-state index contributed by atoms with van der Waals surface area (Å²) >= 11 is 0. The van der Waals surface area contributed by atoms with E-state index in [4.69, 9.17) is 4.74 Å². The normalized spacial score (nSPS) is 29.7. The highest BCUT2D eigenvalue weighted by molar-refractivity contribution is 5.12.